The molecule has 0 unspecified atom stereocenters. The van der Waals surface area contributed by atoms with E-state index in [1.54, 1.807) is 30.3 Å². The number of hydrogen-bond acceptors (Lipinski definition) is 8. The van der Waals surface area contributed by atoms with Crippen molar-refractivity contribution in [1.29, 1.82) is 5.26 Å². The van der Waals surface area contributed by atoms with Gasteiger partial charge in [0.15, 0.2) is 0 Å². The van der Waals surface area contributed by atoms with Gasteiger partial charge in [-0.3, -0.25) is 9.59 Å². The Balaban J connectivity index is 2.23. The Hall–Kier alpha value is -4.65. The summed E-state index contributed by atoms with van der Waals surface area (Å²) in [5, 5.41) is 17.2. The second kappa shape index (κ2) is 10.9. The van der Waals surface area contributed by atoms with E-state index in [4.69, 9.17) is 4.74 Å². The van der Waals surface area contributed by atoms with Gasteiger partial charge in [0.2, 0.25) is 5.91 Å². The van der Waals surface area contributed by atoms with Gasteiger partial charge in [0, 0.05) is 24.5 Å². The van der Waals surface area contributed by atoms with Gasteiger partial charge < -0.3 is 25.4 Å². The molecule has 0 spiro atoms. The Labute approximate surface area is 183 Å². The van der Waals surface area contributed by atoms with Crippen LogP contribution in [0, 0.1) is 11.3 Å². The SMILES string of the molecule is COC(=O)c1ccc(C(=O)OC)c(N/C=C(/C#N)C(=O)Nc2ccc(NC(C)=O)cc2)c1. The van der Waals surface area contributed by atoms with Gasteiger partial charge in [-0.05, 0) is 42.5 Å². The number of esters is 2. The second-order valence-corrected chi connectivity index (χ2v) is 6.27. The molecule has 0 aliphatic heterocycles. The van der Waals surface area contributed by atoms with Gasteiger partial charge in [-0.15, -0.1) is 0 Å². The normalized spacial score (nSPS) is 10.4. The quantitative estimate of drug-likeness (QED) is 0.341. The topological polar surface area (TPSA) is 147 Å². The molecule has 3 N–H and O–H groups in total. The lowest BCUT2D eigenvalue weighted by molar-refractivity contribution is -0.114. The van der Waals surface area contributed by atoms with Crippen LogP contribution in [0.5, 0.6) is 0 Å². The van der Waals surface area contributed by atoms with Crippen LogP contribution in [-0.4, -0.2) is 38.0 Å². The molecule has 2 rings (SSSR count). The van der Waals surface area contributed by atoms with Crippen LogP contribution in [0.3, 0.4) is 0 Å². The molecule has 2 aromatic carbocycles. The molecule has 164 valence electrons. The predicted octanol–water partition coefficient (Wildman–Crippen LogP) is 2.68. The molecule has 0 saturated carbocycles. The van der Waals surface area contributed by atoms with E-state index in [0.29, 0.717) is 11.4 Å². The van der Waals surface area contributed by atoms with Gasteiger partial charge in [0.25, 0.3) is 5.91 Å². The molecule has 0 bridgehead atoms. The highest BCUT2D eigenvalue weighted by Crippen LogP contribution is 2.20. The minimum atomic E-state index is -0.712. The number of ether oxygens (including phenoxy) is 2. The summed E-state index contributed by atoms with van der Waals surface area (Å²) in [5.74, 6) is -2.25. The Morgan fingerprint density at radius 2 is 1.50 bits per heavy atom. The van der Waals surface area contributed by atoms with Gasteiger partial charge in [-0.2, -0.15) is 5.26 Å². The summed E-state index contributed by atoms with van der Waals surface area (Å²) < 4.78 is 9.37. The van der Waals surface area contributed by atoms with Gasteiger partial charge in [0.1, 0.15) is 11.6 Å². The highest BCUT2D eigenvalue weighted by Gasteiger charge is 2.16. The first-order chi connectivity index (χ1) is 15.3. The smallest absolute Gasteiger partial charge is 0.339 e. The van der Waals surface area contributed by atoms with Gasteiger partial charge >= 0.3 is 11.9 Å². The van der Waals surface area contributed by atoms with E-state index in [1.807, 2.05) is 0 Å². The summed E-state index contributed by atoms with van der Waals surface area (Å²) >= 11 is 0. The zero-order valence-corrected chi connectivity index (χ0v) is 17.5. The molecule has 2 aromatic rings. The van der Waals surface area contributed by atoms with Crippen LogP contribution >= 0.6 is 0 Å². The average molecular weight is 436 g/mol. The molecule has 0 saturated heterocycles. The summed E-state index contributed by atoms with van der Waals surface area (Å²) in [6.07, 6.45) is 1.10. The monoisotopic (exact) mass is 436 g/mol. The maximum Gasteiger partial charge on any atom is 0.339 e. The lowest BCUT2D eigenvalue weighted by atomic mass is 10.1. The fraction of sp³-hybridized carbons (Fsp3) is 0.136. The summed E-state index contributed by atoms with van der Waals surface area (Å²) in [5.41, 5.74) is 1.03. The second-order valence-electron chi connectivity index (χ2n) is 6.27. The minimum absolute atomic E-state index is 0.0858. The highest BCUT2D eigenvalue weighted by atomic mass is 16.5. The fourth-order valence-corrected chi connectivity index (χ4v) is 2.53. The largest absolute Gasteiger partial charge is 0.465 e. The van der Waals surface area contributed by atoms with Crippen molar-refractivity contribution in [3.63, 3.8) is 0 Å². The number of hydrogen-bond donors (Lipinski definition) is 3. The third-order valence-electron chi connectivity index (χ3n) is 4.05. The van der Waals surface area contributed by atoms with Crippen molar-refractivity contribution in [3.05, 3.63) is 65.4 Å². The number of amides is 2. The van der Waals surface area contributed by atoms with Crippen molar-refractivity contribution in [1.82, 2.24) is 0 Å². The third-order valence-corrected chi connectivity index (χ3v) is 4.05. The van der Waals surface area contributed by atoms with Crippen LogP contribution in [-0.2, 0) is 19.1 Å². The summed E-state index contributed by atoms with van der Waals surface area (Å²) in [6, 6.07) is 12.1. The lowest BCUT2D eigenvalue weighted by Crippen LogP contribution is -2.15. The maximum atomic E-state index is 12.4. The number of carbonyl (C=O) groups is 4. The molecule has 10 heteroatoms. The summed E-state index contributed by atoms with van der Waals surface area (Å²) in [7, 11) is 2.41. The summed E-state index contributed by atoms with van der Waals surface area (Å²) in [6.45, 7) is 1.37. The number of rotatable bonds is 7. The first kappa shape index (κ1) is 23.6. The van der Waals surface area contributed by atoms with Crippen molar-refractivity contribution in [2.75, 3.05) is 30.2 Å². The van der Waals surface area contributed by atoms with E-state index in [9.17, 15) is 24.4 Å². The molecule has 2 amide bonds. The highest BCUT2D eigenvalue weighted by molar-refractivity contribution is 6.07. The lowest BCUT2D eigenvalue weighted by Gasteiger charge is -2.10. The third kappa shape index (κ3) is 6.17. The molecular formula is C22H20N4O6. The molecule has 0 heterocycles. The first-order valence-electron chi connectivity index (χ1n) is 9.15. The molecule has 32 heavy (non-hydrogen) atoms. The van der Waals surface area contributed by atoms with Crippen molar-refractivity contribution in [2.45, 2.75) is 6.92 Å². The Bertz CT molecular complexity index is 1120. The maximum absolute atomic E-state index is 12.4. The Kier molecular flexibility index (Phi) is 8.07. The van der Waals surface area contributed by atoms with Gasteiger partial charge in [-0.1, -0.05) is 0 Å². The number of nitriles is 1. The Morgan fingerprint density at radius 1 is 0.906 bits per heavy atom. The standard InChI is InChI=1S/C22H20N4O6/c1-13(27)25-16-5-7-17(8-6-16)26-20(28)15(11-23)12-24-19-10-14(21(29)31-2)4-9-18(19)22(30)32-3/h4-10,12,24H,1-3H3,(H,25,27)(H,26,28)/b15-12-. The minimum Gasteiger partial charge on any atom is -0.465 e. The van der Waals surface area contributed by atoms with Gasteiger partial charge in [0.05, 0.1) is 31.0 Å². The van der Waals surface area contributed by atoms with Crippen LogP contribution in [0.15, 0.2) is 54.2 Å². The van der Waals surface area contributed by atoms with E-state index in [1.165, 1.54) is 39.3 Å². The predicted molar refractivity (Wildman–Crippen MR) is 116 cm³/mol. The van der Waals surface area contributed by atoms with Crippen LogP contribution in [0.2, 0.25) is 0 Å². The number of anilines is 3. The Morgan fingerprint density at radius 3 is 2.03 bits per heavy atom. The summed E-state index contributed by atoms with van der Waals surface area (Å²) in [4.78, 5) is 47.3. The van der Waals surface area contributed by atoms with E-state index in [2.05, 4.69) is 20.7 Å². The molecule has 0 aromatic heterocycles. The number of carbonyl (C=O) groups excluding carboxylic acids is 4. The van der Waals surface area contributed by atoms with Crippen LogP contribution in [0.4, 0.5) is 17.1 Å². The number of benzene rings is 2. The van der Waals surface area contributed by atoms with Crippen LogP contribution < -0.4 is 16.0 Å². The molecule has 0 aliphatic rings. The molecule has 0 radical (unpaired) electrons. The molecule has 0 aliphatic carbocycles. The molecule has 0 atom stereocenters. The van der Waals surface area contributed by atoms with E-state index in [-0.39, 0.29) is 28.3 Å². The number of methoxy groups -OCH3 is 2. The zero-order chi connectivity index (χ0) is 23.7. The van der Waals surface area contributed by atoms with Crippen molar-refractivity contribution in [2.24, 2.45) is 0 Å². The van der Waals surface area contributed by atoms with Crippen LogP contribution in [0.25, 0.3) is 0 Å². The average Bonchev–Trinajstić information content (AvgIpc) is 2.79. The zero-order valence-electron chi connectivity index (χ0n) is 17.5. The molecule has 0 fully saturated rings. The van der Waals surface area contributed by atoms with Crippen molar-refractivity contribution >= 4 is 40.8 Å². The first-order valence-corrected chi connectivity index (χ1v) is 9.15. The molecular weight excluding hydrogens is 416 g/mol. The van der Waals surface area contributed by atoms with E-state index < -0.39 is 17.8 Å². The van der Waals surface area contributed by atoms with E-state index in [0.717, 1.165) is 6.20 Å². The molecule has 10 nitrogen and oxygen atoms in total. The van der Waals surface area contributed by atoms with Crippen LogP contribution in [0.1, 0.15) is 27.6 Å². The van der Waals surface area contributed by atoms with Gasteiger partial charge in [-0.25, -0.2) is 9.59 Å². The fourth-order valence-electron chi connectivity index (χ4n) is 2.53. The number of nitrogens with one attached hydrogen (secondary N) is 3. The van der Waals surface area contributed by atoms with Crippen molar-refractivity contribution < 1.29 is 28.7 Å². The van der Waals surface area contributed by atoms with E-state index >= 15 is 0 Å². The van der Waals surface area contributed by atoms with Crippen molar-refractivity contribution in [3.8, 4) is 6.07 Å². The number of nitrogens with zero attached hydrogens (tertiary/aromatic N) is 1.